The van der Waals surface area contributed by atoms with Crippen molar-refractivity contribution in [1.82, 2.24) is 4.90 Å². The third-order valence-corrected chi connectivity index (χ3v) is 2.89. The van der Waals surface area contributed by atoms with Crippen molar-refractivity contribution in [3.63, 3.8) is 0 Å². The van der Waals surface area contributed by atoms with E-state index in [0.29, 0.717) is 13.0 Å². The van der Waals surface area contributed by atoms with Crippen molar-refractivity contribution < 1.29 is 14.7 Å². The van der Waals surface area contributed by atoms with Crippen molar-refractivity contribution in [3.8, 4) is 12.3 Å². The van der Waals surface area contributed by atoms with E-state index in [0.717, 1.165) is 12.8 Å². The topological polar surface area (TPSA) is 57.6 Å². The Balaban J connectivity index is 2.68. The first-order valence-corrected chi connectivity index (χ1v) is 5.58. The Morgan fingerprint density at radius 2 is 2.44 bits per heavy atom. The van der Waals surface area contributed by atoms with E-state index in [-0.39, 0.29) is 18.2 Å². The lowest BCUT2D eigenvalue weighted by atomic mass is 10.1. The van der Waals surface area contributed by atoms with Gasteiger partial charge >= 0.3 is 5.97 Å². The first kappa shape index (κ1) is 12.6. The number of nitrogens with zero attached hydrogens (tertiary/aromatic N) is 1. The molecule has 1 aliphatic heterocycles. The molecule has 0 radical (unpaired) electrons. The van der Waals surface area contributed by atoms with E-state index >= 15 is 0 Å². The molecule has 4 heteroatoms. The van der Waals surface area contributed by atoms with Gasteiger partial charge in [0.25, 0.3) is 0 Å². The number of hydrogen-bond acceptors (Lipinski definition) is 2. The van der Waals surface area contributed by atoms with E-state index < -0.39 is 12.0 Å². The van der Waals surface area contributed by atoms with Gasteiger partial charge in [0, 0.05) is 18.9 Å². The van der Waals surface area contributed by atoms with Crippen molar-refractivity contribution in [2.24, 2.45) is 5.92 Å². The lowest BCUT2D eigenvalue weighted by molar-refractivity contribution is -0.148. The van der Waals surface area contributed by atoms with Gasteiger partial charge < -0.3 is 10.0 Å². The average Bonchev–Trinajstić information content (AvgIpc) is 2.60. The number of rotatable bonds is 5. The molecular weight excluding hydrogens is 206 g/mol. The summed E-state index contributed by atoms with van der Waals surface area (Å²) in [6.45, 7) is 2.38. The van der Waals surface area contributed by atoms with Crippen LogP contribution in [0.2, 0.25) is 0 Å². The van der Waals surface area contributed by atoms with E-state index in [2.05, 4.69) is 5.92 Å². The summed E-state index contributed by atoms with van der Waals surface area (Å²) < 4.78 is 0. The molecule has 88 valence electrons. The molecule has 16 heavy (non-hydrogen) atoms. The molecule has 2 atom stereocenters. The van der Waals surface area contributed by atoms with E-state index in [1.807, 2.05) is 6.92 Å². The van der Waals surface area contributed by atoms with Gasteiger partial charge in [0.15, 0.2) is 0 Å². The molecule has 0 spiro atoms. The summed E-state index contributed by atoms with van der Waals surface area (Å²) in [5, 5.41) is 9.09. The largest absolute Gasteiger partial charge is 0.480 e. The minimum Gasteiger partial charge on any atom is -0.480 e. The number of likely N-dealkylation sites (tertiary alicyclic amines) is 1. The van der Waals surface area contributed by atoms with Crippen LogP contribution in [0.15, 0.2) is 0 Å². The average molecular weight is 223 g/mol. The van der Waals surface area contributed by atoms with Gasteiger partial charge in [0.05, 0.1) is 0 Å². The highest BCUT2D eigenvalue weighted by Gasteiger charge is 2.36. The van der Waals surface area contributed by atoms with Gasteiger partial charge in [-0.3, -0.25) is 4.79 Å². The molecule has 0 aromatic rings. The van der Waals surface area contributed by atoms with Crippen molar-refractivity contribution in [2.75, 3.05) is 6.54 Å². The Morgan fingerprint density at radius 1 is 1.75 bits per heavy atom. The zero-order valence-corrected chi connectivity index (χ0v) is 9.48. The lowest BCUT2D eigenvalue weighted by Gasteiger charge is -2.24. The maximum atomic E-state index is 11.6. The molecule has 1 amide bonds. The summed E-state index contributed by atoms with van der Waals surface area (Å²) in [4.78, 5) is 24.1. The first-order chi connectivity index (χ1) is 7.60. The maximum Gasteiger partial charge on any atom is 0.326 e. The molecule has 1 saturated heterocycles. The summed E-state index contributed by atoms with van der Waals surface area (Å²) in [6, 6.07) is -0.703. The Bertz CT molecular complexity index is 319. The zero-order valence-electron chi connectivity index (χ0n) is 9.48. The molecule has 1 heterocycles. The van der Waals surface area contributed by atoms with Gasteiger partial charge in [-0.15, -0.1) is 12.3 Å². The molecule has 0 aliphatic carbocycles. The number of carboxylic acids is 1. The van der Waals surface area contributed by atoms with Crippen molar-refractivity contribution in [2.45, 2.75) is 38.6 Å². The molecule has 0 bridgehead atoms. The number of carbonyl (C=O) groups excluding carboxylic acids is 1. The molecule has 0 saturated carbocycles. The van der Waals surface area contributed by atoms with Crippen LogP contribution in [0, 0.1) is 18.3 Å². The standard InChI is InChI=1S/C12H17NO3/c1-3-5-6-10(12(15)16)13-8-9(4-2)7-11(13)14/h2,9-10H,3,5-8H2,1H3,(H,15,16)/t9?,10-/m0/s1. The fraction of sp³-hybridized carbons (Fsp3) is 0.667. The highest BCUT2D eigenvalue weighted by atomic mass is 16.4. The maximum absolute atomic E-state index is 11.6. The van der Waals surface area contributed by atoms with Crippen LogP contribution in [-0.2, 0) is 9.59 Å². The van der Waals surface area contributed by atoms with E-state index in [1.54, 1.807) is 0 Å². The first-order valence-electron chi connectivity index (χ1n) is 5.58. The molecule has 1 fully saturated rings. The van der Waals surface area contributed by atoms with Gasteiger partial charge in [0.2, 0.25) is 5.91 Å². The summed E-state index contributed by atoms with van der Waals surface area (Å²) in [7, 11) is 0. The Kier molecular flexibility index (Phi) is 4.36. The Morgan fingerprint density at radius 3 is 2.88 bits per heavy atom. The smallest absolute Gasteiger partial charge is 0.326 e. The predicted octanol–water partition coefficient (Wildman–Crippen LogP) is 1.11. The molecular formula is C12H17NO3. The van der Waals surface area contributed by atoms with Gasteiger partial charge in [-0.1, -0.05) is 19.8 Å². The van der Waals surface area contributed by atoms with Crippen LogP contribution in [0.5, 0.6) is 0 Å². The molecule has 1 aliphatic rings. The number of terminal acetylenes is 1. The summed E-state index contributed by atoms with van der Waals surface area (Å²) >= 11 is 0. The number of aliphatic carboxylic acids is 1. The predicted molar refractivity (Wildman–Crippen MR) is 59.6 cm³/mol. The number of carboxylic acid groups (broad SMARTS) is 1. The summed E-state index contributed by atoms with van der Waals surface area (Å²) in [6.07, 6.45) is 7.78. The Labute approximate surface area is 95.6 Å². The van der Waals surface area contributed by atoms with E-state index in [4.69, 9.17) is 11.5 Å². The molecule has 1 N–H and O–H groups in total. The lowest BCUT2D eigenvalue weighted by Crippen LogP contribution is -2.42. The van der Waals surface area contributed by atoms with E-state index in [9.17, 15) is 9.59 Å². The summed E-state index contributed by atoms with van der Waals surface area (Å²) in [5.74, 6) is 1.33. The zero-order chi connectivity index (χ0) is 12.1. The van der Waals surface area contributed by atoms with Crippen LogP contribution in [0.3, 0.4) is 0 Å². The highest BCUT2D eigenvalue weighted by Crippen LogP contribution is 2.22. The molecule has 1 unspecified atom stereocenters. The van der Waals surface area contributed by atoms with Gasteiger partial charge in [-0.25, -0.2) is 4.79 Å². The number of unbranched alkanes of at least 4 members (excludes halogenated alkanes) is 1. The van der Waals surface area contributed by atoms with Crippen LogP contribution < -0.4 is 0 Å². The number of amides is 1. The Hall–Kier alpha value is -1.50. The normalized spacial score (nSPS) is 21.9. The third-order valence-electron chi connectivity index (χ3n) is 2.89. The molecule has 4 nitrogen and oxygen atoms in total. The van der Waals surface area contributed by atoms with Crippen LogP contribution in [0.25, 0.3) is 0 Å². The quantitative estimate of drug-likeness (QED) is 0.710. The fourth-order valence-electron chi connectivity index (χ4n) is 1.95. The van der Waals surface area contributed by atoms with Crippen LogP contribution >= 0.6 is 0 Å². The van der Waals surface area contributed by atoms with Crippen LogP contribution in [0.1, 0.15) is 32.6 Å². The molecule has 0 aromatic heterocycles. The molecule has 1 rings (SSSR count). The van der Waals surface area contributed by atoms with Crippen LogP contribution in [0.4, 0.5) is 0 Å². The minimum absolute atomic E-state index is 0.129. The second-order valence-corrected chi connectivity index (χ2v) is 4.11. The fourth-order valence-corrected chi connectivity index (χ4v) is 1.95. The SMILES string of the molecule is C#CC1CC(=O)N([C@@H](CCCC)C(=O)O)C1. The highest BCUT2D eigenvalue weighted by molar-refractivity contribution is 5.85. The van der Waals surface area contributed by atoms with Gasteiger partial charge in [-0.05, 0) is 6.42 Å². The molecule has 0 aromatic carbocycles. The van der Waals surface area contributed by atoms with Gasteiger partial charge in [0.1, 0.15) is 6.04 Å². The number of carbonyl (C=O) groups is 2. The summed E-state index contributed by atoms with van der Waals surface area (Å²) in [5.41, 5.74) is 0. The minimum atomic E-state index is -0.931. The van der Waals surface area contributed by atoms with Crippen molar-refractivity contribution in [1.29, 1.82) is 0 Å². The second-order valence-electron chi connectivity index (χ2n) is 4.11. The van der Waals surface area contributed by atoms with Crippen molar-refractivity contribution >= 4 is 11.9 Å². The second kappa shape index (κ2) is 5.55. The van der Waals surface area contributed by atoms with Crippen LogP contribution in [-0.4, -0.2) is 34.5 Å². The number of hydrogen-bond donors (Lipinski definition) is 1. The third kappa shape index (κ3) is 2.75. The van der Waals surface area contributed by atoms with E-state index in [1.165, 1.54) is 4.90 Å². The monoisotopic (exact) mass is 223 g/mol. The van der Waals surface area contributed by atoms with Crippen molar-refractivity contribution in [3.05, 3.63) is 0 Å². The van der Waals surface area contributed by atoms with Gasteiger partial charge in [-0.2, -0.15) is 0 Å².